The van der Waals surface area contributed by atoms with Crippen molar-refractivity contribution in [2.24, 2.45) is 0 Å². The van der Waals surface area contributed by atoms with E-state index in [0.717, 1.165) is 0 Å². The van der Waals surface area contributed by atoms with Crippen molar-refractivity contribution in [3.63, 3.8) is 0 Å². The number of hydrogen-bond acceptors (Lipinski definition) is 3. The van der Waals surface area contributed by atoms with E-state index in [1.165, 1.54) is 7.11 Å². The molecule has 0 spiro atoms. The van der Waals surface area contributed by atoms with Crippen molar-refractivity contribution in [1.29, 1.82) is 0 Å². The fourth-order valence-corrected chi connectivity index (χ4v) is 0.895. The Morgan fingerprint density at radius 2 is 2.31 bits per heavy atom. The Balaban J connectivity index is 2.82. The number of ether oxygens (including phenoxy) is 2. The Bertz CT molecular complexity index is 294. The molecule has 1 radical (unpaired) electrons. The predicted molar refractivity (Wildman–Crippen MR) is 47.8 cm³/mol. The summed E-state index contributed by atoms with van der Waals surface area (Å²) < 4.78 is 9.72. The van der Waals surface area contributed by atoms with Crippen LogP contribution in [0.5, 0.6) is 5.75 Å². The lowest BCUT2D eigenvalue weighted by Crippen LogP contribution is -2.04. The van der Waals surface area contributed by atoms with Gasteiger partial charge in [-0.2, -0.15) is 0 Å². The maximum atomic E-state index is 11.2. The van der Waals surface area contributed by atoms with Gasteiger partial charge in [-0.25, -0.2) is 4.79 Å². The molecule has 0 unspecified atom stereocenters. The lowest BCUT2D eigenvalue weighted by Gasteiger charge is -2.02. The highest BCUT2D eigenvalue weighted by Crippen LogP contribution is 2.11. The van der Waals surface area contributed by atoms with Crippen molar-refractivity contribution in [3.8, 4) is 5.75 Å². The SMILES string of the molecule is CCOC(=O)c1[c]c(OC)ccc1. The number of benzene rings is 1. The molecule has 0 bridgehead atoms. The van der Waals surface area contributed by atoms with Crippen LogP contribution >= 0.6 is 0 Å². The Morgan fingerprint density at radius 1 is 1.54 bits per heavy atom. The maximum Gasteiger partial charge on any atom is 0.338 e. The first kappa shape index (κ1) is 9.58. The van der Waals surface area contributed by atoms with E-state index in [1.54, 1.807) is 25.1 Å². The number of rotatable bonds is 3. The second-order valence-electron chi connectivity index (χ2n) is 2.35. The number of methoxy groups -OCH3 is 1. The van der Waals surface area contributed by atoms with Crippen molar-refractivity contribution in [3.05, 3.63) is 29.8 Å². The van der Waals surface area contributed by atoms with Gasteiger partial charge in [-0.1, -0.05) is 6.07 Å². The Morgan fingerprint density at radius 3 is 2.92 bits per heavy atom. The van der Waals surface area contributed by atoms with Crippen LogP contribution in [0.1, 0.15) is 17.3 Å². The number of carbonyl (C=O) groups excluding carboxylic acids is 1. The fraction of sp³-hybridized carbons (Fsp3) is 0.300. The predicted octanol–water partition coefficient (Wildman–Crippen LogP) is 1.67. The smallest absolute Gasteiger partial charge is 0.338 e. The maximum absolute atomic E-state index is 11.2. The molecule has 69 valence electrons. The minimum atomic E-state index is -0.374. The fourth-order valence-electron chi connectivity index (χ4n) is 0.895. The molecule has 0 saturated heterocycles. The Labute approximate surface area is 77.3 Å². The van der Waals surface area contributed by atoms with Gasteiger partial charge in [0.1, 0.15) is 5.75 Å². The van der Waals surface area contributed by atoms with E-state index >= 15 is 0 Å². The second-order valence-corrected chi connectivity index (χ2v) is 2.35. The zero-order chi connectivity index (χ0) is 9.68. The molecule has 0 fully saturated rings. The quantitative estimate of drug-likeness (QED) is 0.662. The first-order valence-corrected chi connectivity index (χ1v) is 4.01. The molecule has 0 saturated carbocycles. The number of esters is 1. The van der Waals surface area contributed by atoms with Gasteiger partial charge in [-0.3, -0.25) is 0 Å². The first-order valence-electron chi connectivity index (χ1n) is 4.01. The van der Waals surface area contributed by atoms with Gasteiger partial charge in [-0.15, -0.1) is 0 Å². The first-order chi connectivity index (χ1) is 6.27. The minimum Gasteiger partial charge on any atom is -0.496 e. The summed E-state index contributed by atoms with van der Waals surface area (Å²) in [6.45, 7) is 2.13. The van der Waals surface area contributed by atoms with E-state index in [4.69, 9.17) is 9.47 Å². The molecule has 3 nitrogen and oxygen atoms in total. The lowest BCUT2D eigenvalue weighted by atomic mass is 10.2. The summed E-state index contributed by atoms with van der Waals surface area (Å²) >= 11 is 0. The highest BCUT2D eigenvalue weighted by molar-refractivity contribution is 5.89. The van der Waals surface area contributed by atoms with Crippen LogP contribution in [0.4, 0.5) is 0 Å². The van der Waals surface area contributed by atoms with Gasteiger partial charge in [0.2, 0.25) is 0 Å². The van der Waals surface area contributed by atoms with Crippen molar-refractivity contribution in [2.75, 3.05) is 13.7 Å². The van der Waals surface area contributed by atoms with Crippen LogP contribution in [0, 0.1) is 6.07 Å². The van der Waals surface area contributed by atoms with Gasteiger partial charge in [0.25, 0.3) is 0 Å². The van der Waals surface area contributed by atoms with Gasteiger partial charge in [0.05, 0.1) is 19.3 Å². The molecule has 0 aliphatic carbocycles. The van der Waals surface area contributed by atoms with Crippen molar-refractivity contribution in [2.45, 2.75) is 6.92 Å². The van der Waals surface area contributed by atoms with Crippen LogP contribution in [0.2, 0.25) is 0 Å². The van der Waals surface area contributed by atoms with Gasteiger partial charge < -0.3 is 9.47 Å². The Hall–Kier alpha value is -1.51. The van der Waals surface area contributed by atoms with Gasteiger partial charge in [0, 0.05) is 6.07 Å². The molecule has 0 aliphatic heterocycles. The molecule has 1 rings (SSSR count). The molecule has 0 N–H and O–H groups in total. The molecule has 0 aromatic heterocycles. The largest absolute Gasteiger partial charge is 0.496 e. The van der Waals surface area contributed by atoms with Crippen LogP contribution in [0.25, 0.3) is 0 Å². The molecular formula is C10H11O3. The molecule has 1 aromatic rings. The summed E-state index contributed by atoms with van der Waals surface area (Å²) in [6.07, 6.45) is 0. The van der Waals surface area contributed by atoms with E-state index in [0.29, 0.717) is 17.9 Å². The average molecular weight is 179 g/mol. The molecular weight excluding hydrogens is 168 g/mol. The summed E-state index contributed by atoms with van der Waals surface area (Å²) in [5.41, 5.74) is 0.390. The monoisotopic (exact) mass is 179 g/mol. The van der Waals surface area contributed by atoms with Crippen LogP contribution < -0.4 is 4.74 Å². The Kier molecular flexibility index (Phi) is 3.31. The van der Waals surface area contributed by atoms with Crippen molar-refractivity contribution in [1.82, 2.24) is 0 Å². The zero-order valence-electron chi connectivity index (χ0n) is 7.66. The van der Waals surface area contributed by atoms with E-state index in [9.17, 15) is 4.79 Å². The van der Waals surface area contributed by atoms with Crippen LogP contribution in [-0.2, 0) is 4.74 Å². The van der Waals surface area contributed by atoms with Gasteiger partial charge >= 0.3 is 5.97 Å². The number of carbonyl (C=O) groups is 1. The molecule has 0 aliphatic rings. The van der Waals surface area contributed by atoms with Crippen molar-refractivity contribution < 1.29 is 14.3 Å². The third-order valence-electron chi connectivity index (χ3n) is 1.48. The van der Waals surface area contributed by atoms with Gasteiger partial charge in [0.15, 0.2) is 0 Å². The molecule has 13 heavy (non-hydrogen) atoms. The minimum absolute atomic E-state index is 0.365. The second kappa shape index (κ2) is 4.50. The summed E-state index contributed by atoms with van der Waals surface area (Å²) in [6, 6.07) is 7.87. The summed E-state index contributed by atoms with van der Waals surface area (Å²) in [4.78, 5) is 11.2. The molecule has 1 aromatic carbocycles. The van der Waals surface area contributed by atoms with Gasteiger partial charge in [-0.05, 0) is 19.1 Å². The molecule has 0 heterocycles. The van der Waals surface area contributed by atoms with Crippen molar-refractivity contribution >= 4 is 5.97 Å². The zero-order valence-corrected chi connectivity index (χ0v) is 7.66. The van der Waals surface area contributed by atoms with E-state index in [1.807, 2.05) is 0 Å². The summed E-state index contributed by atoms with van der Waals surface area (Å²) in [5, 5.41) is 0. The van der Waals surface area contributed by atoms with E-state index in [-0.39, 0.29) is 5.97 Å². The topological polar surface area (TPSA) is 35.5 Å². The highest BCUT2D eigenvalue weighted by Gasteiger charge is 2.06. The van der Waals surface area contributed by atoms with Crippen LogP contribution in [-0.4, -0.2) is 19.7 Å². The normalized spacial score (nSPS) is 9.38. The average Bonchev–Trinajstić information content (AvgIpc) is 2.18. The van der Waals surface area contributed by atoms with Crippen LogP contribution in [0.3, 0.4) is 0 Å². The summed E-state index contributed by atoms with van der Waals surface area (Å²) in [7, 11) is 1.53. The lowest BCUT2D eigenvalue weighted by molar-refractivity contribution is 0.0525. The molecule has 3 heteroatoms. The third-order valence-corrected chi connectivity index (χ3v) is 1.48. The third kappa shape index (κ3) is 2.47. The van der Waals surface area contributed by atoms with Crippen LogP contribution in [0.15, 0.2) is 18.2 Å². The standard InChI is InChI=1S/C10H11O3/c1-3-13-10(11)8-5-4-6-9(7-8)12-2/h4-6H,3H2,1-2H3. The molecule has 0 amide bonds. The highest BCUT2D eigenvalue weighted by atomic mass is 16.5. The number of hydrogen-bond donors (Lipinski definition) is 0. The van der Waals surface area contributed by atoms with E-state index in [2.05, 4.69) is 6.07 Å². The molecule has 0 atom stereocenters. The van der Waals surface area contributed by atoms with E-state index < -0.39 is 0 Å². The summed E-state index contributed by atoms with van der Waals surface area (Å²) in [5.74, 6) is 0.159.